The predicted molar refractivity (Wildman–Crippen MR) is 110 cm³/mol. The first-order valence-corrected chi connectivity index (χ1v) is 9.94. The first-order valence-electron chi connectivity index (χ1n) is 9.94. The number of hydroxylamine groups is 1. The monoisotopic (exact) mass is 438 g/mol. The number of carbonyl (C=O) groups excluding carboxylic acids is 1. The molecular formula is C21H19FN6O4. The number of cyclic esters (lactones) is 1. The molecule has 2 N–H and O–H groups in total. The van der Waals surface area contributed by atoms with E-state index < -0.39 is 24.1 Å². The fraction of sp³-hybridized carbons (Fsp3) is 0.238. The smallest absolute Gasteiger partial charge is 0.414 e. The summed E-state index contributed by atoms with van der Waals surface area (Å²) in [6.07, 6.45) is 5.02. The van der Waals surface area contributed by atoms with Gasteiger partial charge in [-0.1, -0.05) is 17.3 Å². The van der Waals surface area contributed by atoms with Gasteiger partial charge in [0.25, 0.3) is 0 Å². The van der Waals surface area contributed by atoms with Gasteiger partial charge in [-0.05, 0) is 24.3 Å². The van der Waals surface area contributed by atoms with Crippen LogP contribution in [0.25, 0.3) is 16.8 Å². The van der Waals surface area contributed by atoms with Gasteiger partial charge in [0.2, 0.25) is 0 Å². The van der Waals surface area contributed by atoms with Gasteiger partial charge < -0.3 is 9.84 Å². The maximum Gasteiger partial charge on any atom is 0.414 e. The SMILES string of the molecule is O=C1O[C@@H](Cn2ccnn2)CN1c1cccc(F)c1-c1ccc(C2=C[C@@H](CO)ON2)nc1. The van der Waals surface area contributed by atoms with Gasteiger partial charge in [0.05, 0.1) is 43.0 Å². The molecule has 2 aromatic heterocycles. The second kappa shape index (κ2) is 8.36. The standard InChI is InChI=1S/C21H19FN6O4/c22-16-2-1-3-19(28-11-15(31-21(28)30)10-27-7-6-24-26-27)20(16)13-4-5-17(23-9-13)18-8-14(12-29)32-25-18/h1-9,14-15,25,29H,10-12H2/t14-,15-/m0/s1. The van der Waals surface area contributed by atoms with E-state index in [9.17, 15) is 14.3 Å². The minimum absolute atomic E-state index is 0.156. The molecule has 32 heavy (non-hydrogen) atoms. The lowest BCUT2D eigenvalue weighted by Crippen LogP contribution is -2.26. The van der Waals surface area contributed by atoms with E-state index in [1.54, 1.807) is 47.4 Å². The first kappa shape index (κ1) is 20.1. The van der Waals surface area contributed by atoms with Crippen LogP contribution >= 0.6 is 0 Å². The largest absolute Gasteiger partial charge is 0.442 e. The number of rotatable bonds is 6. The summed E-state index contributed by atoms with van der Waals surface area (Å²) >= 11 is 0. The molecule has 5 rings (SSSR count). The number of halogens is 1. The van der Waals surface area contributed by atoms with Crippen molar-refractivity contribution in [1.29, 1.82) is 0 Å². The zero-order valence-corrected chi connectivity index (χ0v) is 16.8. The molecule has 0 unspecified atom stereocenters. The summed E-state index contributed by atoms with van der Waals surface area (Å²) in [5.74, 6) is -0.480. The van der Waals surface area contributed by atoms with Crippen molar-refractivity contribution in [2.45, 2.75) is 18.8 Å². The summed E-state index contributed by atoms with van der Waals surface area (Å²) in [5, 5.41) is 16.8. The lowest BCUT2D eigenvalue weighted by Gasteiger charge is -2.18. The third kappa shape index (κ3) is 3.79. The minimum Gasteiger partial charge on any atom is -0.442 e. The van der Waals surface area contributed by atoms with Crippen molar-refractivity contribution in [1.82, 2.24) is 25.5 Å². The van der Waals surface area contributed by atoms with Crippen molar-refractivity contribution in [3.05, 3.63) is 66.5 Å². The Balaban J connectivity index is 1.42. The third-order valence-electron chi connectivity index (χ3n) is 5.20. The second-order valence-corrected chi connectivity index (χ2v) is 7.33. The zero-order valence-electron chi connectivity index (χ0n) is 16.8. The van der Waals surface area contributed by atoms with Gasteiger partial charge in [-0.25, -0.2) is 13.9 Å². The van der Waals surface area contributed by atoms with E-state index >= 15 is 0 Å². The molecule has 0 radical (unpaired) electrons. The Hall–Kier alpha value is -3.83. The molecule has 0 aliphatic carbocycles. The third-order valence-corrected chi connectivity index (χ3v) is 5.20. The van der Waals surface area contributed by atoms with Crippen molar-refractivity contribution in [3.8, 4) is 11.1 Å². The van der Waals surface area contributed by atoms with Crippen LogP contribution in [0.5, 0.6) is 0 Å². The number of carbonyl (C=O) groups is 1. The minimum atomic E-state index is -0.556. The van der Waals surface area contributed by atoms with Crippen molar-refractivity contribution >= 4 is 17.5 Å². The molecule has 11 heteroatoms. The molecule has 1 aromatic carbocycles. The molecule has 1 amide bonds. The molecule has 2 aliphatic rings. The number of benzene rings is 1. The van der Waals surface area contributed by atoms with Gasteiger partial charge in [-0.2, -0.15) is 0 Å². The van der Waals surface area contributed by atoms with Crippen molar-refractivity contribution < 1.29 is 23.9 Å². The van der Waals surface area contributed by atoms with Crippen LogP contribution in [0.2, 0.25) is 0 Å². The van der Waals surface area contributed by atoms with Crippen molar-refractivity contribution in [3.63, 3.8) is 0 Å². The summed E-state index contributed by atoms with van der Waals surface area (Å²) in [6, 6.07) is 7.98. The number of nitrogens with zero attached hydrogens (tertiary/aromatic N) is 5. The Kier molecular flexibility index (Phi) is 5.25. The number of aliphatic hydroxyl groups excluding tert-OH is 1. The first-order chi connectivity index (χ1) is 15.6. The van der Waals surface area contributed by atoms with Gasteiger partial charge >= 0.3 is 6.09 Å². The van der Waals surface area contributed by atoms with Crippen molar-refractivity contribution in [2.24, 2.45) is 0 Å². The lowest BCUT2D eigenvalue weighted by atomic mass is 10.0. The van der Waals surface area contributed by atoms with Crippen LogP contribution < -0.4 is 10.4 Å². The summed E-state index contributed by atoms with van der Waals surface area (Å²) in [4.78, 5) is 23.6. The number of anilines is 1. The normalized spacial score (nSPS) is 20.2. The topological polar surface area (TPSA) is 115 Å². The summed E-state index contributed by atoms with van der Waals surface area (Å²) in [6.45, 7) is 0.441. The van der Waals surface area contributed by atoms with E-state index in [1.165, 1.54) is 17.2 Å². The van der Waals surface area contributed by atoms with Crippen molar-refractivity contribution in [2.75, 3.05) is 18.1 Å². The highest BCUT2D eigenvalue weighted by atomic mass is 19.1. The molecule has 2 atom stereocenters. The number of amides is 1. The van der Waals surface area contributed by atoms with Gasteiger partial charge in [-0.15, -0.1) is 5.10 Å². The van der Waals surface area contributed by atoms with Crippen LogP contribution in [0.1, 0.15) is 5.69 Å². The van der Waals surface area contributed by atoms with Gasteiger partial charge in [0.15, 0.2) is 0 Å². The number of pyridine rings is 1. The molecule has 4 heterocycles. The Bertz CT molecular complexity index is 1150. The van der Waals surface area contributed by atoms with Gasteiger partial charge in [0, 0.05) is 23.5 Å². The van der Waals surface area contributed by atoms with Gasteiger partial charge in [0.1, 0.15) is 18.0 Å². The van der Waals surface area contributed by atoms with Crippen LogP contribution in [0.3, 0.4) is 0 Å². The number of aromatic nitrogens is 4. The highest BCUT2D eigenvalue weighted by molar-refractivity contribution is 5.95. The molecule has 1 fully saturated rings. The highest BCUT2D eigenvalue weighted by Crippen LogP contribution is 2.35. The van der Waals surface area contributed by atoms with Crippen LogP contribution in [-0.4, -0.2) is 56.5 Å². The Morgan fingerprint density at radius 3 is 2.91 bits per heavy atom. The summed E-state index contributed by atoms with van der Waals surface area (Å²) in [5.41, 5.74) is 5.06. The Morgan fingerprint density at radius 2 is 2.19 bits per heavy atom. The number of nitrogens with one attached hydrogen (secondary N) is 1. The molecule has 164 valence electrons. The number of aliphatic hydroxyl groups is 1. The van der Waals surface area contributed by atoms with E-state index in [1.807, 2.05) is 0 Å². The van der Waals surface area contributed by atoms with Crippen LogP contribution in [0.4, 0.5) is 14.9 Å². The number of hydrogen-bond donors (Lipinski definition) is 2. The molecule has 0 bridgehead atoms. The molecule has 3 aromatic rings. The van der Waals surface area contributed by atoms with Crippen LogP contribution in [-0.2, 0) is 16.1 Å². The van der Waals surface area contributed by atoms with E-state index in [2.05, 4.69) is 20.8 Å². The fourth-order valence-electron chi connectivity index (χ4n) is 3.70. The van der Waals surface area contributed by atoms with E-state index in [4.69, 9.17) is 9.57 Å². The maximum absolute atomic E-state index is 14.9. The fourth-order valence-corrected chi connectivity index (χ4v) is 3.70. The molecular weight excluding hydrogens is 419 g/mol. The van der Waals surface area contributed by atoms with Crippen LogP contribution in [0.15, 0.2) is 55.0 Å². The lowest BCUT2D eigenvalue weighted by molar-refractivity contribution is 0.0172. The molecule has 0 spiro atoms. The molecule has 2 aliphatic heterocycles. The number of ether oxygens (including phenoxy) is 1. The molecule has 10 nitrogen and oxygen atoms in total. The number of hydrogen-bond acceptors (Lipinski definition) is 8. The predicted octanol–water partition coefficient (Wildman–Crippen LogP) is 1.74. The summed E-state index contributed by atoms with van der Waals surface area (Å²) in [7, 11) is 0. The summed E-state index contributed by atoms with van der Waals surface area (Å²) < 4.78 is 21.9. The maximum atomic E-state index is 14.9. The molecule has 0 saturated carbocycles. The Morgan fingerprint density at radius 1 is 1.28 bits per heavy atom. The van der Waals surface area contributed by atoms with E-state index in [0.29, 0.717) is 29.2 Å². The Labute approximate surface area is 181 Å². The van der Waals surface area contributed by atoms with E-state index in [-0.39, 0.29) is 18.7 Å². The average molecular weight is 438 g/mol. The second-order valence-electron chi connectivity index (χ2n) is 7.33. The van der Waals surface area contributed by atoms with Crippen LogP contribution in [0, 0.1) is 5.82 Å². The quantitative estimate of drug-likeness (QED) is 0.598. The zero-order chi connectivity index (χ0) is 22.1. The van der Waals surface area contributed by atoms with E-state index in [0.717, 1.165) is 0 Å². The average Bonchev–Trinajstić information content (AvgIpc) is 3.55. The molecule has 1 saturated heterocycles. The van der Waals surface area contributed by atoms with Gasteiger partial charge in [-0.3, -0.25) is 20.2 Å². The highest BCUT2D eigenvalue weighted by Gasteiger charge is 2.34.